The third-order valence-electron chi connectivity index (χ3n) is 6.15. The predicted molar refractivity (Wildman–Crippen MR) is 77.6 cm³/mol. The van der Waals surface area contributed by atoms with Crippen molar-refractivity contribution in [1.29, 1.82) is 0 Å². The van der Waals surface area contributed by atoms with E-state index < -0.39 is 6.10 Å². The van der Waals surface area contributed by atoms with E-state index in [0.29, 0.717) is 17.7 Å². The number of phenols is 1. The van der Waals surface area contributed by atoms with Crippen LogP contribution in [0.2, 0.25) is 0 Å². The van der Waals surface area contributed by atoms with Crippen LogP contribution < -0.4 is 17.1 Å². The lowest BCUT2D eigenvalue weighted by atomic mass is 9.53. The summed E-state index contributed by atoms with van der Waals surface area (Å²) in [4.78, 5) is 2.43. The third kappa shape index (κ3) is 1.41. The first-order chi connectivity index (χ1) is 10.1. The number of aromatic hydroxyl groups is 1. The summed E-state index contributed by atoms with van der Waals surface area (Å²) in [5.41, 5.74) is 2.29. The molecule has 5 heteroatoms. The zero-order valence-electron chi connectivity index (χ0n) is 12.4. The fourth-order valence-corrected chi connectivity index (χ4v) is 5.24. The van der Waals surface area contributed by atoms with Gasteiger partial charge < -0.3 is 32.3 Å². The molecule has 2 aliphatic heterocycles. The van der Waals surface area contributed by atoms with Crippen LogP contribution in [0, 0.1) is 5.92 Å². The predicted octanol–water partition coefficient (Wildman–Crippen LogP) is -1.80. The molecule has 0 aromatic heterocycles. The van der Waals surface area contributed by atoms with E-state index in [4.69, 9.17) is 4.74 Å². The van der Waals surface area contributed by atoms with Crippen LogP contribution in [0.25, 0.3) is 0 Å². The van der Waals surface area contributed by atoms with Crippen molar-refractivity contribution in [1.82, 2.24) is 4.90 Å². The molecule has 1 spiro atoms. The molecule has 1 aromatic carbocycles. The van der Waals surface area contributed by atoms with Gasteiger partial charge in [-0.1, -0.05) is 18.2 Å². The molecule has 2 N–H and O–H groups in total. The Morgan fingerprint density at radius 2 is 2.14 bits per heavy atom. The van der Waals surface area contributed by atoms with Crippen molar-refractivity contribution in [3.63, 3.8) is 0 Å². The van der Waals surface area contributed by atoms with Gasteiger partial charge in [-0.3, -0.25) is 0 Å². The molecule has 1 aromatic rings. The molecule has 1 saturated heterocycles. The molecular weight excluding hydrogens is 302 g/mol. The maximum atomic E-state index is 10.4. The molecule has 0 saturated carbocycles. The second kappa shape index (κ2) is 4.40. The number of ether oxygens (including phenoxy) is 1. The monoisotopic (exact) mass is 320 g/mol. The van der Waals surface area contributed by atoms with Crippen LogP contribution >= 0.6 is 0 Å². The van der Waals surface area contributed by atoms with Crippen LogP contribution in [0.5, 0.6) is 11.5 Å². The zero-order chi connectivity index (χ0) is 14.4. The molecule has 0 amide bonds. The number of aliphatic hydroxyl groups is 1. The Morgan fingerprint density at radius 3 is 2.95 bits per heavy atom. The van der Waals surface area contributed by atoms with Gasteiger partial charge in [0.25, 0.3) is 0 Å². The van der Waals surface area contributed by atoms with Gasteiger partial charge in [0.2, 0.25) is 0 Å². The van der Waals surface area contributed by atoms with Crippen molar-refractivity contribution in [2.75, 3.05) is 13.6 Å². The van der Waals surface area contributed by atoms with Crippen molar-refractivity contribution in [2.24, 2.45) is 5.92 Å². The Morgan fingerprint density at radius 1 is 1.32 bits per heavy atom. The van der Waals surface area contributed by atoms with Gasteiger partial charge in [-0.05, 0) is 38.1 Å². The average Bonchev–Trinajstić information content (AvgIpc) is 2.83. The van der Waals surface area contributed by atoms with Gasteiger partial charge in [-0.25, -0.2) is 0 Å². The lowest BCUT2D eigenvalue weighted by molar-refractivity contribution is -0.0453. The SMILES string of the molecule is CN1CC[C@]23c4c5ccc(O)c4O[C@H]2[C@@H](O)C=C[C@H]3[C@H]1C5.[Cl-]. The van der Waals surface area contributed by atoms with E-state index in [1.54, 1.807) is 6.07 Å². The molecule has 2 bridgehead atoms. The highest BCUT2D eigenvalue weighted by Crippen LogP contribution is 2.62. The lowest BCUT2D eigenvalue weighted by Gasteiger charge is -2.56. The number of likely N-dealkylation sites (N-methyl/N-ethyl adjacent to an activating group) is 1. The van der Waals surface area contributed by atoms with Crippen LogP contribution in [0.1, 0.15) is 17.5 Å². The topological polar surface area (TPSA) is 52.9 Å². The second-order valence-electron chi connectivity index (χ2n) is 6.93. The van der Waals surface area contributed by atoms with Crippen LogP contribution in [0.4, 0.5) is 0 Å². The molecule has 1 fully saturated rings. The summed E-state index contributed by atoms with van der Waals surface area (Å²) >= 11 is 0. The molecule has 22 heavy (non-hydrogen) atoms. The highest BCUT2D eigenvalue weighted by atomic mass is 35.5. The number of nitrogens with zero attached hydrogens (tertiary/aromatic N) is 1. The Labute approximate surface area is 135 Å². The number of rotatable bonds is 0. The Hall–Kier alpha value is -1.23. The summed E-state index contributed by atoms with van der Waals surface area (Å²) in [5.74, 6) is 1.19. The fourth-order valence-electron chi connectivity index (χ4n) is 5.24. The van der Waals surface area contributed by atoms with Gasteiger partial charge >= 0.3 is 0 Å². The van der Waals surface area contributed by atoms with E-state index in [0.717, 1.165) is 19.4 Å². The minimum atomic E-state index is -0.594. The molecule has 2 aliphatic carbocycles. The van der Waals surface area contributed by atoms with E-state index in [2.05, 4.69) is 18.0 Å². The number of hydrogen-bond acceptors (Lipinski definition) is 4. The Kier molecular flexibility index (Phi) is 2.88. The zero-order valence-corrected chi connectivity index (χ0v) is 13.1. The highest BCUT2D eigenvalue weighted by Gasteiger charge is 2.64. The van der Waals surface area contributed by atoms with Gasteiger partial charge in [-0.15, -0.1) is 0 Å². The standard InChI is InChI=1S/C17H19NO3.ClH/c1-18-7-6-17-10-3-5-13(20)16(17)21-15-12(19)4-2-9(14(15)17)8-11(10)18;/h2-5,10-11,13,16,19-20H,6-8H2,1H3;1H/p-1/t10-,11+,13-,16-,17-;/m0./s1. The Balaban J connectivity index is 0.00000125. The summed E-state index contributed by atoms with van der Waals surface area (Å²) in [7, 11) is 2.19. The van der Waals surface area contributed by atoms with Gasteiger partial charge in [0, 0.05) is 22.9 Å². The minimum Gasteiger partial charge on any atom is -1.00 e. The summed E-state index contributed by atoms with van der Waals surface area (Å²) in [6, 6.07) is 4.23. The summed E-state index contributed by atoms with van der Waals surface area (Å²) < 4.78 is 6.09. The van der Waals surface area contributed by atoms with Crippen LogP contribution in [0.15, 0.2) is 24.3 Å². The van der Waals surface area contributed by atoms with Crippen LogP contribution in [0.3, 0.4) is 0 Å². The van der Waals surface area contributed by atoms with Gasteiger partial charge in [0.1, 0.15) is 12.2 Å². The summed E-state index contributed by atoms with van der Waals surface area (Å²) in [5, 5.41) is 20.6. The van der Waals surface area contributed by atoms with Crippen LogP contribution in [-0.4, -0.2) is 47.0 Å². The van der Waals surface area contributed by atoms with Gasteiger partial charge in [0.15, 0.2) is 11.5 Å². The minimum absolute atomic E-state index is 0. The van der Waals surface area contributed by atoms with E-state index in [1.807, 2.05) is 12.1 Å². The first kappa shape index (κ1) is 14.4. The number of halogens is 1. The van der Waals surface area contributed by atoms with Gasteiger partial charge in [-0.2, -0.15) is 0 Å². The molecule has 4 nitrogen and oxygen atoms in total. The number of phenolic OH excluding ortho intramolecular Hbond substituents is 1. The maximum absolute atomic E-state index is 10.4. The second-order valence-corrected chi connectivity index (χ2v) is 6.93. The smallest absolute Gasteiger partial charge is 0.165 e. The maximum Gasteiger partial charge on any atom is 0.165 e. The van der Waals surface area contributed by atoms with Crippen molar-refractivity contribution < 1.29 is 27.4 Å². The van der Waals surface area contributed by atoms with E-state index >= 15 is 0 Å². The molecular formula is C17H19ClNO3-. The number of aliphatic hydroxyl groups excluding tert-OH is 1. The molecule has 0 radical (unpaired) electrons. The molecule has 4 aliphatic rings. The third-order valence-corrected chi connectivity index (χ3v) is 6.15. The van der Waals surface area contributed by atoms with Crippen LogP contribution in [-0.2, 0) is 11.8 Å². The van der Waals surface area contributed by atoms with E-state index in [1.165, 1.54) is 11.1 Å². The van der Waals surface area contributed by atoms with Crippen molar-refractivity contribution in [2.45, 2.75) is 36.5 Å². The molecule has 0 unspecified atom stereocenters. The molecule has 2 heterocycles. The summed E-state index contributed by atoms with van der Waals surface area (Å²) in [6.07, 6.45) is 5.18. The molecule has 118 valence electrons. The molecule has 5 atom stereocenters. The molecule has 5 rings (SSSR count). The highest BCUT2D eigenvalue weighted by molar-refractivity contribution is 5.61. The van der Waals surface area contributed by atoms with Crippen molar-refractivity contribution in [3.05, 3.63) is 35.4 Å². The summed E-state index contributed by atoms with van der Waals surface area (Å²) in [6.45, 7) is 1.01. The average molecular weight is 321 g/mol. The lowest BCUT2D eigenvalue weighted by Crippen LogP contribution is -3.00. The number of piperidine rings is 1. The van der Waals surface area contributed by atoms with E-state index in [9.17, 15) is 10.2 Å². The largest absolute Gasteiger partial charge is 1.00 e. The van der Waals surface area contributed by atoms with Crippen molar-refractivity contribution >= 4 is 0 Å². The normalized spacial score (nSPS) is 40.6. The number of hydrogen-bond donors (Lipinski definition) is 2. The number of likely N-dealkylation sites (tertiary alicyclic amines) is 1. The Bertz CT molecular complexity index is 676. The van der Waals surface area contributed by atoms with Gasteiger partial charge in [0.05, 0.1) is 0 Å². The van der Waals surface area contributed by atoms with E-state index in [-0.39, 0.29) is 29.7 Å². The quantitative estimate of drug-likeness (QED) is 0.554. The first-order valence-electron chi connectivity index (χ1n) is 7.71. The number of benzene rings is 1. The first-order valence-corrected chi connectivity index (χ1v) is 7.71. The van der Waals surface area contributed by atoms with Crippen molar-refractivity contribution in [3.8, 4) is 11.5 Å². The fraction of sp³-hybridized carbons (Fsp3) is 0.529.